The van der Waals surface area contributed by atoms with E-state index in [4.69, 9.17) is 4.74 Å². The molecule has 0 aromatic heterocycles. The lowest BCUT2D eigenvalue weighted by Gasteiger charge is -2.28. The number of fused-ring (bicyclic) bond motifs is 1. The number of likely N-dealkylation sites (N-methyl/N-ethyl adjacent to an activating group) is 1. The number of ether oxygens (including phenoxy) is 1. The van der Waals surface area contributed by atoms with Gasteiger partial charge in [0.2, 0.25) is 0 Å². The van der Waals surface area contributed by atoms with Crippen LogP contribution in [-0.2, 0) is 30.4 Å². The van der Waals surface area contributed by atoms with Gasteiger partial charge in [0.05, 0.1) is 24.5 Å². The number of anilines is 2. The third kappa shape index (κ3) is 8.56. The molecular weight excluding hydrogens is 600 g/mol. The second-order valence-corrected chi connectivity index (χ2v) is 12.7. The highest BCUT2D eigenvalue weighted by atomic mass is 16.5. The molecule has 1 saturated heterocycles. The minimum atomic E-state index is -0.367. The summed E-state index contributed by atoms with van der Waals surface area (Å²) in [7, 11) is 1.78. The SMILES string of the molecule is CN(CCN1CCOCC1)C(=O)c1cccc(C(=O)Nc2cc3c(cc2C(=O)Nc2ccc(CCc4ccccc4)cc2)CCCC3)c1. The van der Waals surface area contributed by atoms with Crippen molar-refractivity contribution in [1.29, 1.82) is 0 Å². The third-order valence-electron chi connectivity index (χ3n) is 9.31. The Labute approximate surface area is 283 Å². The van der Waals surface area contributed by atoms with Gasteiger partial charge in [0.15, 0.2) is 0 Å². The lowest BCUT2D eigenvalue weighted by Crippen LogP contribution is -2.41. The first-order chi connectivity index (χ1) is 23.4. The third-order valence-corrected chi connectivity index (χ3v) is 9.31. The van der Waals surface area contributed by atoms with Crippen LogP contribution in [0.25, 0.3) is 0 Å². The average Bonchev–Trinajstić information content (AvgIpc) is 3.13. The van der Waals surface area contributed by atoms with Crippen LogP contribution in [0.3, 0.4) is 0 Å². The first kappa shape index (κ1) is 33.1. The maximum Gasteiger partial charge on any atom is 0.257 e. The minimum absolute atomic E-state index is 0.141. The zero-order valence-corrected chi connectivity index (χ0v) is 27.7. The van der Waals surface area contributed by atoms with E-state index in [1.54, 1.807) is 36.2 Å². The van der Waals surface area contributed by atoms with Crippen molar-refractivity contribution in [3.05, 3.63) is 130 Å². The molecule has 1 aliphatic heterocycles. The van der Waals surface area contributed by atoms with Crippen molar-refractivity contribution in [2.45, 2.75) is 38.5 Å². The minimum Gasteiger partial charge on any atom is -0.379 e. The van der Waals surface area contributed by atoms with E-state index in [2.05, 4.69) is 39.8 Å². The summed E-state index contributed by atoms with van der Waals surface area (Å²) in [6, 6.07) is 29.0. The Morgan fingerprint density at radius 2 is 1.40 bits per heavy atom. The molecule has 8 heteroatoms. The van der Waals surface area contributed by atoms with Crippen LogP contribution >= 0.6 is 0 Å². The fourth-order valence-corrected chi connectivity index (χ4v) is 6.39. The summed E-state index contributed by atoms with van der Waals surface area (Å²) in [6.07, 6.45) is 5.83. The summed E-state index contributed by atoms with van der Waals surface area (Å²) in [6.45, 7) is 4.51. The van der Waals surface area contributed by atoms with Gasteiger partial charge in [-0.3, -0.25) is 19.3 Å². The van der Waals surface area contributed by atoms with Crippen LogP contribution in [0.15, 0.2) is 91.0 Å². The summed E-state index contributed by atoms with van der Waals surface area (Å²) < 4.78 is 5.42. The molecule has 0 spiro atoms. The molecule has 4 aromatic rings. The predicted molar refractivity (Wildman–Crippen MR) is 190 cm³/mol. The fourth-order valence-electron chi connectivity index (χ4n) is 6.39. The van der Waals surface area contributed by atoms with Crippen molar-refractivity contribution >= 4 is 29.1 Å². The largest absolute Gasteiger partial charge is 0.379 e. The molecule has 3 amide bonds. The molecule has 0 radical (unpaired) electrons. The molecule has 4 aromatic carbocycles. The zero-order valence-electron chi connectivity index (χ0n) is 27.7. The van der Waals surface area contributed by atoms with Crippen molar-refractivity contribution in [3.63, 3.8) is 0 Å². The van der Waals surface area contributed by atoms with Crippen molar-refractivity contribution in [1.82, 2.24) is 9.80 Å². The summed E-state index contributed by atoms with van der Waals surface area (Å²) in [4.78, 5) is 44.5. The van der Waals surface area contributed by atoms with Crippen molar-refractivity contribution < 1.29 is 19.1 Å². The van der Waals surface area contributed by atoms with Gasteiger partial charge in [-0.05, 0) is 103 Å². The summed E-state index contributed by atoms with van der Waals surface area (Å²) >= 11 is 0. The lowest BCUT2D eigenvalue weighted by atomic mass is 9.89. The molecule has 0 unspecified atom stereocenters. The van der Waals surface area contributed by atoms with Gasteiger partial charge < -0.3 is 20.3 Å². The van der Waals surface area contributed by atoms with Crippen molar-refractivity contribution in [2.75, 3.05) is 57.1 Å². The van der Waals surface area contributed by atoms with E-state index in [9.17, 15) is 14.4 Å². The Bertz CT molecular complexity index is 1730. The molecule has 1 fully saturated rings. The van der Waals surface area contributed by atoms with Gasteiger partial charge in [-0.15, -0.1) is 0 Å². The summed E-state index contributed by atoms with van der Waals surface area (Å²) in [5, 5.41) is 6.05. The number of carbonyl (C=O) groups is 3. The molecule has 2 N–H and O–H groups in total. The van der Waals surface area contributed by atoms with E-state index in [1.807, 2.05) is 42.5 Å². The molecule has 8 nitrogen and oxygen atoms in total. The van der Waals surface area contributed by atoms with Gasteiger partial charge in [0, 0.05) is 50.0 Å². The maximum atomic E-state index is 13.7. The molecule has 48 heavy (non-hydrogen) atoms. The number of hydrogen-bond acceptors (Lipinski definition) is 5. The number of hydrogen-bond donors (Lipinski definition) is 2. The number of amides is 3. The van der Waals surface area contributed by atoms with Crippen molar-refractivity contribution in [3.8, 4) is 0 Å². The summed E-state index contributed by atoms with van der Waals surface area (Å²) in [5.74, 6) is -0.785. The number of aryl methyl sites for hydroxylation is 4. The monoisotopic (exact) mass is 644 g/mol. The topological polar surface area (TPSA) is 91.0 Å². The standard InChI is InChI=1S/C40H44N4O4/c1-43(20-21-44-22-24-48-25-23-44)40(47)34-13-7-12-33(26-34)38(45)42-37-28-32-11-6-5-10-31(32)27-36(37)39(46)41-35-18-16-30(17-19-35)15-14-29-8-3-2-4-9-29/h2-4,7-9,12-13,16-19,26-28H,5-6,10-11,14-15,20-25H2,1H3,(H,41,46)(H,42,45). The van der Waals surface area contributed by atoms with E-state index in [-0.39, 0.29) is 17.7 Å². The van der Waals surface area contributed by atoms with Gasteiger partial charge >= 0.3 is 0 Å². The predicted octanol–water partition coefficient (Wildman–Crippen LogP) is 6.26. The zero-order chi connectivity index (χ0) is 33.3. The van der Waals surface area contributed by atoms with Crippen LogP contribution in [0.2, 0.25) is 0 Å². The van der Waals surface area contributed by atoms with E-state index < -0.39 is 0 Å². The highest BCUT2D eigenvalue weighted by molar-refractivity contribution is 6.13. The molecule has 1 aliphatic carbocycles. The fraction of sp³-hybridized carbons (Fsp3) is 0.325. The Balaban J connectivity index is 1.13. The highest BCUT2D eigenvalue weighted by Crippen LogP contribution is 2.29. The molecule has 0 saturated carbocycles. The maximum absolute atomic E-state index is 13.7. The Morgan fingerprint density at radius 3 is 2.12 bits per heavy atom. The number of nitrogens with zero attached hydrogens (tertiary/aromatic N) is 2. The molecular formula is C40H44N4O4. The Kier molecular flexibility index (Phi) is 11.0. The molecule has 0 atom stereocenters. The van der Waals surface area contributed by atoms with Crippen LogP contribution in [0.4, 0.5) is 11.4 Å². The quantitative estimate of drug-likeness (QED) is 0.201. The number of benzene rings is 4. The number of rotatable bonds is 11. The molecule has 0 bridgehead atoms. The second kappa shape index (κ2) is 15.9. The Hall–Kier alpha value is -4.79. The van der Waals surface area contributed by atoms with Crippen molar-refractivity contribution in [2.24, 2.45) is 0 Å². The Morgan fingerprint density at radius 1 is 0.729 bits per heavy atom. The van der Waals surface area contributed by atoms with E-state index in [0.29, 0.717) is 47.8 Å². The van der Waals surface area contributed by atoms with Crippen LogP contribution in [0.5, 0.6) is 0 Å². The van der Waals surface area contributed by atoms with Gasteiger partial charge in [0.1, 0.15) is 0 Å². The molecule has 248 valence electrons. The number of nitrogens with one attached hydrogen (secondary N) is 2. The molecule has 2 aliphatic rings. The number of morpholine rings is 1. The number of carbonyl (C=O) groups excluding carboxylic acids is 3. The first-order valence-electron chi connectivity index (χ1n) is 17.0. The summed E-state index contributed by atoms with van der Waals surface area (Å²) in [5.41, 5.74) is 7.19. The van der Waals surface area contributed by atoms with Crippen LogP contribution in [-0.4, -0.2) is 74.0 Å². The van der Waals surface area contributed by atoms with Crippen LogP contribution in [0, 0.1) is 0 Å². The molecule has 6 rings (SSSR count). The van der Waals surface area contributed by atoms with Gasteiger partial charge in [-0.2, -0.15) is 0 Å². The van der Waals surface area contributed by atoms with Gasteiger partial charge in [-0.1, -0.05) is 48.5 Å². The van der Waals surface area contributed by atoms with E-state index in [1.165, 1.54) is 11.1 Å². The smallest absolute Gasteiger partial charge is 0.257 e. The highest BCUT2D eigenvalue weighted by Gasteiger charge is 2.21. The van der Waals surface area contributed by atoms with E-state index >= 15 is 0 Å². The normalized spacial score (nSPS) is 14.5. The molecule has 1 heterocycles. The second-order valence-electron chi connectivity index (χ2n) is 12.7. The van der Waals surface area contributed by atoms with Crippen LogP contribution < -0.4 is 10.6 Å². The van der Waals surface area contributed by atoms with Crippen LogP contribution in [0.1, 0.15) is 66.2 Å². The van der Waals surface area contributed by atoms with Gasteiger partial charge in [-0.25, -0.2) is 0 Å². The average molecular weight is 645 g/mol. The van der Waals surface area contributed by atoms with E-state index in [0.717, 1.165) is 69.3 Å². The van der Waals surface area contributed by atoms with Gasteiger partial charge in [0.25, 0.3) is 17.7 Å². The lowest BCUT2D eigenvalue weighted by molar-refractivity contribution is 0.0338. The first-order valence-corrected chi connectivity index (χ1v) is 17.0.